The molecule has 2 aliphatic carbocycles. The molecule has 2 saturated carbocycles. The third-order valence-corrected chi connectivity index (χ3v) is 8.58. The summed E-state index contributed by atoms with van der Waals surface area (Å²) in [5.41, 5.74) is 0.330. The zero-order chi connectivity index (χ0) is 24.1. The minimum Gasteiger partial charge on any atom is -0.494 e. The lowest BCUT2D eigenvalue weighted by atomic mass is 9.68. The van der Waals surface area contributed by atoms with Gasteiger partial charge in [0.1, 0.15) is 0 Å². The molecule has 6 heteroatoms. The first-order valence-electron chi connectivity index (χ1n) is 13.3. The Morgan fingerprint density at radius 2 is 1.50 bits per heavy atom. The lowest BCUT2D eigenvalue weighted by molar-refractivity contribution is -0.230. The van der Waals surface area contributed by atoms with Gasteiger partial charge in [0.15, 0.2) is 17.9 Å². The average molecular weight is 483 g/mol. The van der Waals surface area contributed by atoms with Crippen LogP contribution in [0.3, 0.4) is 0 Å². The average Bonchev–Trinajstić information content (AvgIpc) is 2.85. The highest BCUT2D eigenvalue weighted by Gasteiger charge is 2.43. The summed E-state index contributed by atoms with van der Waals surface area (Å²) in [7, 11) is 1.37. The molecule has 4 rings (SSSR count). The van der Waals surface area contributed by atoms with E-state index in [1.165, 1.54) is 25.7 Å². The van der Waals surface area contributed by atoms with Crippen molar-refractivity contribution in [2.75, 3.05) is 20.3 Å². The summed E-state index contributed by atoms with van der Waals surface area (Å²) in [4.78, 5) is 0. The Morgan fingerprint density at radius 1 is 0.912 bits per heavy atom. The van der Waals surface area contributed by atoms with Crippen LogP contribution in [0.5, 0.6) is 5.75 Å². The van der Waals surface area contributed by atoms with Gasteiger partial charge in [-0.15, -0.1) is 0 Å². The first-order valence-corrected chi connectivity index (χ1v) is 13.3. The van der Waals surface area contributed by atoms with E-state index in [-0.39, 0.29) is 12.0 Å². The quantitative estimate of drug-likeness (QED) is 0.386. The highest BCUT2D eigenvalue weighted by atomic mass is 19.3. The fourth-order valence-corrected chi connectivity index (χ4v) is 6.54. The molecule has 0 spiro atoms. The van der Waals surface area contributed by atoms with E-state index in [2.05, 4.69) is 6.92 Å². The minimum atomic E-state index is -2.81. The van der Waals surface area contributed by atoms with Gasteiger partial charge in [-0.25, -0.2) is 13.2 Å². The zero-order valence-electron chi connectivity index (χ0n) is 20.7. The van der Waals surface area contributed by atoms with E-state index in [1.54, 1.807) is 6.07 Å². The summed E-state index contributed by atoms with van der Waals surface area (Å²) in [6.45, 7) is 3.84. The standard InChI is InChI=1S/C28H41F3O3/c1-3-4-20-17-33-27(34-18-20)23-8-6-21(7-9-23)22-10-12-24(13-11-22)28(30,31)16-19-5-14-26(32-2)25(29)15-19/h5,14-15,20-24,27H,3-4,6-13,16-18H2,1-2H3. The molecule has 3 nitrogen and oxygen atoms in total. The molecular weight excluding hydrogens is 441 g/mol. The lowest BCUT2D eigenvalue weighted by Gasteiger charge is -2.41. The predicted octanol–water partition coefficient (Wildman–Crippen LogP) is 7.41. The van der Waals surface area contributed by atoms with Crippen molar-refractivity contribution in [3.05, 3.63) is 29.6 Å². The molecule has 192 valence electrons. The molecule has 1 aromatic carbocycles. The Balaban J connectivity index is 1.21. The summed E-state index contributed by atoms with van der Waals surface area (Å²) in [5, 5.41) is 0. The molecular formula is C28H41F3O3. The number of ether oxygens (including phenoxy) is 3. The molecule has 1 aliphatic heterocycles. The lowest BCUT2D eigenvalue weighted by Crippen LogP contribution is -2.39. The van der Waals surface area contributed by atoms with E-state index in [4.69, 9.17) is 14.2 Å². The smallest absolute Gasteiger partial charge is 0.254 e. The molecule has 1 heterocycles. The second-order valence-electron chi connectivity index (χ2n) is 10.9. The highest BCUT2D eigenvalue weighted by molar-refractivity contribution is 5.30. The number of benzene rings is 1. The van der Waals surface area contributed by atoms with Crippen LogP contribution in [0.2, 0.25) is 0 Å². The largest absolute Gasteiger partial charge is 0.494 e. The van der Waals surface area contributed by atoms with Crippen LogP contribution in [-0.2, 0) is 15.9 Å². The summed E-state index contributed by atoms with van der Waals surface area (Å²) in [6.07, 6.45) is 9.30. The first-order chi connectivity index (χ1) is 16.4. The van der Waals surface area contributed by atoms with Crippen molar-refractivity contribution in [1.82, 2.24) is 0 Å². The molecule has 1 aromatic rings. The van der Waals surface area contributed by atoms with Crippen LogP contribution < -0.4 is 4.74 Å². The Bertz CT molecular complexity index is 762. The molecule has 0 atom stereocenters. The highest BCUT2D eigenvalue weighted by Crippen LogP contribution is 2.46. The van der Waals surface area contributed by atoms with Crippen LogP contribution >= 0.6 is 0 Å². The maximum absolute atomic E-state index is 15.0. The number of methoxy groups -OCH3 is 1. The van der Waals surface area contributed by atoms with E-state index in [1.807, 2.05) is 0 Å². The van der Waals surface area contributed by atoms with Crippen LogP contribution in [0.1, 0.15) is 76.7 Å². The van der Waals surface area contributed by atoms with Crippen molar-refractivity contribution in [2.45, 2.75) is 89.8 Å². The summed E-state index contributed by atoms with van der Waals surface area (Å²) < 4.78 is 61.0. The number of alkyl halides is 2. The van der Waals surface area contributed by atoms with Crippen molar-refractivity contribution in [1.29, 1.82) is 0 Å². The fraction of sp³-hybridized carbons (Fsp3) is 0.786. The van der Waals surface area contributed by atoms with Gasteiger partial charge in [-0.05, 0) is 87.3 Å². The van der Waals surface area contributed by atoms with Crippen molar-refractivity contribution >= 4 is 0 Å². The molecule has 0 bridgehead atoms. The van der Waals surface area contributed by atoms with Gasteiger partial charge in [0.05, 0.1) is 20.3 Å². The number of hydrogen-bond acceptors (Lipinski definition) is 3. The molecule has 0 unspecified atom stereocenters. The molecule has 3 aliphatic rings. The van der Waals surface area contributed by atoms with Crippen molar-refractivity contribution in [3.63, 3.8) is 0 Å². The van der Waals surface area contributed by atoms with E-state index < -0.39 is 24.1 Å². The third kappa shape index (κ3) is 6.29. The van der Waals surface area contributed by atoms with Crippen LogP contribution in [0.25, 0.3) is 0 Å². The van der Waals surface area contributed by atoms with E-state index in [0.29, 0.717) is 42.1 Å². The van der Waals surface area contributed by atoms with Crippen LogP contribution in [-0.4, -0.2) is 32.5 Å². The monoisotopic (exact) mass is 482 g/mol. The minimum absolute atomic E-state index is 0.0497. The molecule has 0 aromatic heterocycles. The number of hydrogen-bond donors (Lipinski definition) is 0. The number of halogens is 3. The van der Waals surface area contributed by atoms with Gasteiger partial charge in [-0.1, -0.05) is 19.4 Å². The predicted molar refractivity (Wildman–Crippen MR) is 127 cm³/mol. The molecule has 3 fully saturated rings. The normalized spacial score (nSPS) is 33.0. The Kier molecular flexibility index (Phi) is 8.84. The second-order valence-corrected chi connectivity index (χ2v) is 10.9. The summed E-state index contributed by atoms with van der Waals surface area (Å²) >= 11 is 0. The first kappa shape index (κ1) is 25.8. The van der Waals surface area contributed by atoms with Gasteiger partial charge in [-0.3, -0.25) is 0 Å². The molecule has 0 amide bonds. The third-order valence-electron chi connectivity index (χ3n) is 8.58. The van der Waals surface area contributed by atoms with Crippen molar-refractivity contribution in [3.8, 4) is 5.75 Å². The van der Waals surface area contributed by atoms with Gasteiger partial charge in [-0.2, -0.15) is 0 Å². The Labute approximate surface area is 202 Å². The molecule has 34 heavy (non-hydrogen) atoms. The van der Waals surface area contributed by atoms with Gasteiger partial charge in [0.25, 0.3) is 5.92 Å². The van der Waals surface area contributed by atoms with Gasteiger partial charge >= 0.3 is 0 Å². The fourth-order valence-electron chi connectivity index (χ4n) is 6.54. The summed E-state index contributed by atoms with van der Waals surface area (Å²) in [5.74, 6) is -1.73. The summed E-state index contributed by atoms with van der Waals surface area (Å²) in [6, 6.07) is 4.16. The number of rotatable bonds is 8. The van der Waals surface area contributed by atoms with E-state index >= 15 is 8.78 Å². The SMILES string of the molecule is CCCC1COC(C2CCC(C3CCC(C(F)(F)Cc4ccc(OC)c(F)c4)CC3)CC2)OC1. The molecule has 0 radical (unpaired) electrons. The van der Waals surface area contributed by atoms with Crippen molar-refractivity contribution in [2.24, 2.45) is 29.6 Å². The van der Waals surface area contributed by atoms with Crippen LogP contribution in [0.15, 0.2) is 18.2 Å². The van der Waals surface area contributed by atoms with Gasteiger partial charge in [0, 0.05) is 24.2 Å². The van der Waals surface area contributed by atoms with Crippen LogP contribution in [0.4, 0.5) is 13.2 Å². The van der Waals surface area contributed by atoms with E-state index in [0.717, 1.165) is 58.2 Å². The topological polar surface area (TPSA) is 27.7 Å². The second kappa shape index (κ2) is 11.6. The van der Waals surface area contributed by atoms with E-state index in [9.17, 15) is 4.39 Å². The Morgan fingerprint density at radius 3 is 2.06 bits per heavy atom. The maximum atomic E-state index is 15.0. The Hall–Kier alpha value is -1.27. The maximum Gasteiger partial charge on any atom is 0.254 e. The molecule has 1 saturated heterocycles. The van der Waals surface area contributed by atoms with Crippen LogP contribution in [0, 0.1) is 35.4 Å². The zero-order valence-corrected chi connectivity index (χ0v) is 20.7. The molecule has 0 N–H and O–H groups in total. The van der Waals surface area contributed by atoms with Gasteiger partial charge < -0.3 is 14.2 Å². The van der Waals surface area contributed by atoms with Crippen molar-refractivity contribution < 1.29 is 27.4 Å². The van der Waals surface area contributed by atoms with Gasteiger partial charge in [0.2, 0.25) is 0 Å².